The minimum absolute atomic E-state index is 0.279. The predicted octanol–water partition coefficient (Wildman–Crippen LogP) is 5.23. The van der Waals surface area contributed by atoms with Crippen LogP contribution >= 0.6 is 0 Å². The summed E-state index contributed by atoms with van der Waals surface area (Å²) < 4.78 is 10.5. The molecule has 0 bridgehead atoms. The van der Waals surface area contributed by atoms with Crippen LogP contribution in [0.15, 0.2) is 48.5 Å². The number of alkyl carbamates (subject to hydrolysis) is 1. The molecule has 0 aromatic heterocycles. The number of unbranched alkanes of at least 4 members (excludes halogenated alkanes) is 2. The fourth-order valence-corrected chi connectivity index (χ4v) is 3.69. The molecular formula is C28H39N3O5. The Balaban J connectivity index is 2.34. The number of nitrogens with one attached hydrogen (secondary N) is 2. The van der Waals surface area contributed by atoms with Crippen molar-refractivity contribution in [3.05, 3.63) is 59.7 Å². The van der Waals surface area contributed by atoms with E-state index in [1.165, 1.54) is 0 Å². The maximum absolute atomic E-state index is 13.6. The molecular weight excluding hydrogens is 458 g/mol. The van der Waals surface area contributed by atoms with E-state index in [0.717, 1.165) is 24.8 Å². The van der Waals surface area contributed by atoms with Crippen molar-refractivity contribution in [2.75, 3.05) is 25.5 Å². The third kappa shape index (κ3) is 9.24. The van der Waals surface area contributed by atoms with Gasteiger partial charge in [0, 0.05) is 12.2 Å². The van der Waals surface area contributed by atoms with E-state index in [2.05, 4.69) is 17.6 Å². The van der Waals surface area contributed by atoms with Gasteiger partial charge in [-0.2, -0.15) is 0 Å². The van der Waals surface area contributed by atoms with Crippen molar-refractivity contribution in [1.82, 2.24) is 10.2 Å². The first-order valence-electron chi connectivity index (χ1n) is 12.3. The number of methoxy groups -OCH3 is 1. The molecule has 196 valence electrons. The van der Waals surface area contributed by atoms with Gasteiger partial charge in [0.25, 0.3) is 5.91 Å². The van der Waals surface area contributed by atoms with Crippen LogP contribution in [0.3, 0.4) is 0 Å². The molecule has 36 heavy (non-hydrogen) atoms. The molecule has 0 aliphatic rings. The molecule has 2 aromatic rings. The second kappa shape index (κ2) is 13.5. The number of anilines is 1. The van der Waals surface area contributed by atoms with Gasteiger partial charge in [0.1, 0.15) is 23.9 Å². The Morgan fingerprint density at radius 3 is 2.31 bits per heavy atom. The van der Waals surface area contributed by atoms with Crippen LogP contribution in [0, 0.1) is 6.92 Å². The van der Waals surface area contributed by atoms with Gasteiger partial charge in [0.2, 0.25) is 5.91 Å². The lowest BCUT2D eigenvalue weighted by molar-refractivity contribution is -0.138. The van der Waals surface area contributed by atoms with E-state index in [4.69, 9.17) is 9.47 Å². The van der Waals surface area contributed by atoms with Gasteiger partial charge in [-0.25, -0.2) is 4.79 Å². The average molecular weight is 498 g/mol. The molecule has 0 spiro atoms. The lowest BCUT2D eigenvalue weighted by atomic mass is 10.0. The van der Waals surface area contributed by atoms with Gasteiger partial charge in [0.05, 0.1) is 7.11 Å². The van der Waals surface area contributed by atoms with Crippen molar-refractivity contribution in [2.45, 2.75) is 65.5 Å². The first-order chi connectivity index (χ1) is 17.0. The van der Waals surface area contributed by atoms with Gasteiger partial charge < -0.3 is 25.0 Å². The highest BCUT2D eigenvalue weighted by Gasteiger charge is 2.32. The largest absolute Gasteiger partial charge is 0.497 e. The summed E-state index contributed by atoms with van der Waals surface area (Å²) in [7, 11) is 1.58. The summed E-state index contributed by atoms with van der Waals surface area (Å²) in [4.78, 5) is 40.7. The molecule has 3 amide bonds. The lowest BCUT2D eigenvalue weighted by Crippen LogP contribution is -2.47. The summed E-state index contributed by atoms with van der Waals surface area (Å²) in [6.07, 6.45) is 1.92. The van der Waals surface area contributed by atoms with Gasteiger partial charge in [-0.15, -0.1) is 0 Å². The van der Waals surface area contributed by atoms with Crippen molar-refractivity contribution in [3.63, 3.8) is 0 Å². The standard InChI is InChI=1S/C28H39N3O5/c1-7-8-9-17-31(24(32)19-29-27(34)36-28(3,4)5)25(21-12-10-11-20(2)18-21)26(33)30-22-13-15-23(35-6)16-14-22/h10-16,18,25H,7-9,17,19H2,1-6H3,(H,29,34)(H,30,33). The van der Waals surface area contributed by atoms with Crippen LogP contribution in [0.2, 0.25) is 0 Å². The summed E-state index contributed by atoms with van der Waals surface area (Å²) >= 11 is 0. The quantitative estimate of drug-likeness (QED) is 0.415. The minimum Gasteiger partial charge on any atom is -0.497 e. The van der Waals surface area contributed by atoms with Gasteiger partial charge in [0.15, 0.2) is 0 Å². The molecule has 0 aliphatic heterocycles. The highest BCUT2D eigenvalue weighted by atomic mass is 16.6. The number of nitrogens with zero attached hydrogens (tertiary/aromatic N) is 1. The van der Waals surface area contributed by atoms with Crippen molar-refractivity contribution in [3.8, 4) is 5.75 Å². The average Bonchev–Trinajstić information content (AvgIpc) is 2.81. The van der Waals surface area contributed by atoms with Crippen LogP contribution in [0.1, 0.15) is 64.1 Å². The first-order valence-corrected chi connectivity index (χ1v) is 12.3. The Labute approximate surface area is 214 Å². The van der Waals surface area contributed by atoms with Crippen LogP contribution in [0.25, 0.3) is 0 Å². The first kappa shape index (κ1) is 28.7. The molecule has 8 nitrogen and oxygen atoms in total. The fourth-order valence-electron chi connectivity index (χ4n) is 3.69. The van der Waals surface area contributed by atoms with E-state index in [1.54, 1.807) is 57.0 Å². The minimum atomic E-state index is -0.878. The third-order valence-corrected chi connectivity index (χ3v) is 5.38. The van der Waals surface area contributed by atoms with E-state index in [1.807, 2.05) is 31.2 Å². The van der Waals surface area contributed by atoms with Crippen molar-refractivity contribution >= 4 is 23.6 Å². The molecule has 2 N–H and O–H groups in total. The maximum Gasteiger partial charge on any atom is 0.408 e. The Morgan fingerprint density at radius 2 is 1.72 bits per heavy atom. The molecule has 8 heteroatoms. The Kier molecular flexibility index (Phi) is 10.8. The molecule has 2 rings (SSSR count). The van der Waals surface area contributed by atoms with Crippen molar-refractivity contribution in [2.24, 2.45) is 0 Å². The van der Waals surface area contributed by atoms with Crippen LogP contribution in [-0.4, -0.2) is 48.6 Å². The zero-order valence-electron chi connectivity index (χ0n) is 22.2. The molecule has 0 radical (unpaired) electrons. The topological polar surface area (TPSA) is 97.0 Å². The number of rotatable bonds is 11. The van der Waals surface area contributed by atoms with E-state index < -0.39 is 17.7 Å². The van der Waals surface area contributed by atoms with E-state index in [9.17, 15) is 14.4 Å². The van der Waals surface area contributed by atoms with E-state index >= 15 is 0 Å². The highest BCUT2D eigenvalue weighted by Crippen LogP contribution is 2.26. The smallest absolute Gasteiger partial charge is 0.408 e. The summed E-state index contributed by atoms with van der Waals surface area (Å²) in [5.41, 5.74) is 1.58. The van der Waals surface area contributed by atoms with E-state index in [0.29, 0.717) is 23.5 Å². The SMILES string of the molecule is CCCCCN(C(=O)CNC(=O)OC(C)(C)C)C(C(=O)Nc1ccc(OC)cc1)c1cccc(C)c1. The zero-order chi connectivity index (χ0) is 26.7. The number of carbonyl (C=O) groups is 3. The Bertz CT molecular complexity index is 1010. The highest BCUT2D eigenvalue weighted by molar-refractivity contribution is 5.98. The summed E-state index contributed by atoms with van der Waals surface area (Å²) in [6, 6.07) is 13.7. The van der Waals surface area contributed by atoms with E-state index in [-0.39, 0.29) is 18.4 Å². The van der Waals surface area contributed by atoms with Crippen LogP contribution in [-0.2, 0) is 14.3 Å². The molecule has 0 saturated heterocycles. The molecule has 0 fully saturated rings. The molecule has 0 heterocycles. The summed E-state index contributed by atoms with van der Waals surface area (Å²) in [5, 5.41) is 5.46. The summed E-state index contributed by atoms with van der Waals surface area (Å²) in [5.74, 6) is -0.0333. The molecule has 0 saturated carbocycles. The third-order valence-electron chi connectivity index (χ3n) is 5.38. The lowest BCUT2D eigenvalue weighted by Gasteiger charge is -2.32. The molecule has 2 aromatic carbocycles. The van der Waals surface area contributed by atoms with Gasteiger partial charge >= 0.3 is 6.09 Å². The van der Waals surface area contributed by atoms with Gasteiger partial charge in [-0.05, 0) is 63.9 Å². The number of benzene rings is 2. The maximum atomic E-state index is 13.6. The normalized spacial score (nSPS) is 11.8. The van der Waals surface area contributed by atoms with Gasteiger partial charge in [-0.3, -0.25) is 9.59 Å². The predicted molar refractivity (Wildman–Crippen MR) is 141 cm³/mol. The number of ether oxygens (including phenoxy) is 2. The fraction of sp³-hybridized carbons (Fsp3) is 0.464. The monoisotopic (exact) mass is 497 g/mol. The Morgan fingerprint density at radius 1 is 1.03 bits per heavy atom. The second-order valence-corrected chi connectivity index (χ2v) is 9.68. The number of aryl methyl sites for hydroxylation is 1. The zero-order valence-corrected chi connectivity index (χ0v) is 22.2. The molecule has 1 unspecified atom stereocenters. The van der Waals surface area contributed by atoms with Crippen molar-refractivity contribution < 1.29 is 23.9 Å². The molecule has 1 atom stereocenters. The summed E-state index contributed by atoms with van der Waals surface area (Å²) in [6.45, 7) is 9.37. The van der Waals surface area contributed by atoms with Crippen molar-refractivity contribution in [1.29, 1.82) is 0 Å². The number of hydrogen-bond donors (Lipinski definition) is 2. The van der Waals surface area contributed by atoms with Crippen LogP contribution < -0.4 is 15.4 Å². The van der Waals surface area contributed by atoms with Crippen LogP contribution in [0.5, 0.6) is 5.75 Å². The number of carbonyl (C=O) groups excluding carboxylic acids is 3. The van der Waals surface area contributed by atoms with Gasteiger partial charge in [-0.1, -0.05) is 49.6 Å². The number of hydrogen-bond acceptors (Lipinski definition) is 5. The second-order valence-electron chi connectivity index (χ2n) is 9.68. The van der Waals surface area contributed by atoms with Crippen LogP contribution in [0.4, 0.5) is 10.5 Å². The molecule has 0 aliphatic carbocycles. The Hall–Kier alpha value is -3.55. The number of amides is 3.